The molecule has 110 valence electrons. The van der Waals surface area contributed by atoms with Gasteiger partial charge in [0.1, 0.15) is 11.9 Å². The van der Waals surface area contributed by atoms with Crippen LogP contribution in [-0.2, 0) is 14.2 Å². The number of hydrogen-bond donors (Lipinski definition) is 1. The summed E-state index contributed by atoms with van der Waals surface area (Å²) in [4.78, 5) is 0. The molecule has 5 nitrogen and oxygen atoms in total. The van der Waals surface area contributed by atoms with Crippen molar-refractivity contribution >= 4 is 0 Å². The Labute approximate surface area is 118 Å². The highest BCUT2D eigenvalue weighted by Gasteiger charge is 2.37. The summed E-state index contributed by atoms with van der Waals surface area (Å²) in [6.45, 7) is 0.566. The molecule has 2 aliphatic heterocycles. The van der Waals surface area contributed by atoms with Crippen LogP contribution in [0.3, 0.4) is 0 Å². The Hall–Kier alpha value is -1.14. The Morgan fingerprint density at radius 3 is 2.95 bits per heavy atom. The Kier molecular flexibility index (Phi) is 4.21. The molecule has 1 N–H and O–H groups in total. The molecule has 5 heteroatoms. The van der Waals surface area contributed by atoms with Crippen molar-refractivity contribution in [1.82, 2.24) is 0 Å². The van der Waals surface area contributed by atoms with Gasteiger partial charge in [-0.2, -0.15) is 0 Å². The highest BCUT2D eigenvalue weighted by Crippen LogP contribution is 2.34. The van der Waals surface area contributed by atoms with Crippen molar-refractivity contribution in [3.8, 4) is 5.75 Å². The topological polar surface area (TPSA) is 57.2 Å². The van der Waals surface area contributed by atoms with Gasteiger partial charge in [-0.15, -0.1) is 0 Å². The van der Waals surface area contributed by atoms with Crippen molar-refractivity contribution in [2.75, 3.05) is 20.3 Å². The van der Waals surface area contributed by atoms with Crippen molar-refractivity contribution in [3.05, 3.63) is 29.8 Å². The summed E-state index contributed by atoms with van der Waals surface area (Å²) in [6, 6.07) is 7.61. The lowest BCUT2D eigenvalue weighted by Gasteiger charge is -2.30. The molecular weight excluding hydrogens is 260 g/mol. The Morgan fingerprint density at radius 1 is 1.35 bits per heavy atom. The molecule has 0 spiro atoms. The smallest absolute Gasteiger partial charge is 0.160 e. The molecule has 3 rings (SSSR count). The van der Waals surface area contributed by atoms with Gasteiger partial charge in [-0.1, -0.05) is 18.2 Å². The number of benzene rings is 1. The van der Waals surface area contributed by atoms with Gasteiger partial charge in [0, 0.05) is 18.4 Å². The average molecular weight is 280 g/mol. The van der Waals surface area contributed by atoms with Crippen LogP contribution in [0.5, 0.6) is 5.75 Å². The largest absolute Gasteiger partial charge is 0.496 e. The molecule has 0 amide bonds. The van der Waals surface area contributed by atoms with E-state index in [-0.39, 0.29) is 31.2 Å². The Balaban J connectivity index is 1.70. The Bertz CT molecular complexity index is 438. The zero-order chi connectivity index (χ0) is 13.9. The standard InChI is InChI=1S/C15H20O5/c1-17-13-5-3-2-4-12(13)14(8-16)19-10-6-11-9-18-15(7-10)20-11/h2-5,10-11,14-16H,6-9H2,1H3/t10-,11-,14?,15+/m0/s1. The highest BCUT2D eigenvalue weighted by atomic mass is 16.7. The van der Waals surface area contributed by atoms with Crippen LogP contribution in [0.15, 0.2) is 24.3 Å². The summed E-state index contributed by atoms with van der Waals surface area (Å²) in [5, 5.41) is 9.63. The van der Waals surface area contributed by atoms with Crippen molar-refractivity contribution in [2.45, 2.75) is 37.4 Å². The van der Waals surface area contributed by atoms with Crippen LogP contribution >= 0.6 is 0 Å². The van der Waals surface area contributed by atoms with E-state index in [4.69, 9.17) is 18.9 Å². The molecule has 4 atom stereocenters. The van der Waals surface area contributed by atoms with Crippen LogP contribution < -0.4 is 4.74 Å². The maximum absolute atomic E-state index is 9.63. The molecule has 0 aromatic heterocycles. The molecule has 2 aliphatic rings. The number of aliphatic hydroxyl groups excluding tert-OH is 1. The number of fused-ring (bicyclic) bond motifs is 2. The second-order valence-electron chi connectivity index (χ2n) is 5.16. The first kappa shape index (κ1) is 13.8. The van der Waals surface area contributed by atoms with E-state index in [1.165, 1.54) is 0 Å². The van der Waals surface area contributed by atoms with Gasteiger partial charge in [0.25, 0.3) is 0 Å². The third kappa shape index (κ3) is 2.81. The van der Waals surface area contributed by atoms with E-state index in [9.17, 15) is 5.11 Å². The van der Waals surface area contributed by atoms with E-state index < -0.39 is 0 Å². The number of hydrogen-bond acceptors (Lipinski definition) is 5. The molecule has 1 unspecified atom stereocenters. The zero-order valence-corrected chi connectivity index (χ0v) is 11.5. The minimum Gasteiger partial charge on any atom is -0.496 e. The van der Waals surface area contributed by atoms with Crippen LogP contribution in [0.25, 0.3) is 0 Å². The van der Waals surface area contributed by atoms with Crippen molar-refractivity contribution < 1.29 is 24.1 Å². The van der Waals surface area contributed by atoms with Gasteiger partial charge in [0.15, 0.2) is 6.29 Å². The molecule has 20 heavy (non-hydrogen) atoms. The first-order valence-corrected chi connectivity index (χ1v) is 6.96. The lowest BCUT2D eigenvalue weighted by molar-refractivity contribution is -0.150. The molecule has 2 fully saturated rings. The van der Waals surface area contributed by atoms with E-state index in [0.29, 0.717) is 13.0 Å². The van der Waals surface area contributed by atoms with Gasteiger partial charge in [0.05, 0.1) is 32.5 Å². The Morgan fingerprint density at radius 2 is 2.20 bits per heavy atom. The molecule has 1 aromatic carbocycles. The fraction of sp³-hybridized carbons (Fsp3) is 0.600. The van der Waals surface area contributed by atoms with E-state index in [1.54, 1.807) is 7.11 Å². The molecular formula is C15H20O5. The molecule has 0 saturated carbocycles. The minimum atomic E-state index is -0.381. The predicted molar refractivity (Wildman–Crippen MR) is 71.5 cm³/mol. The maximum atomic E-state index is 9.63. The van der Waals surface area contributed by atoms with Crippen LogP contribution in [0, 0.1) is 0 Å². The summed E-state index contributed by atoms with van der Waals surface area (Å²) >= 11 is 0. The summed E-state index contributed by atoms with van der Waals surface area (Å²) in [5.74, 6) is 0.734. The third-order valence-corrected chi connectivity index (χ3v) is 3.80. The lowest BCUT2D eigenvalue weighted by Crippen LogP contribution is -2.33. The number of ether oxygens (including phenoxy) is 4. The quantitative estimate of drug-likeness (QED) is 0.888. The highest BCUT2D eigenvalue weighted by molar-refractivity contribution is 5.35. The fourth-order valence-corrected chi connectivity index (χ4v) is 2.85. The first-order valence-electron chi connectivity index (χ1n) is 6.96. The zero-order valence-electron chi connectivity index (χ0n) is 11.5. The van der Waals surface area contributed by atoms with Crippen LogP contribution in [-0.4, -0.2) is 43.9 Å². The second kappa shape index (κ2) is 6.10. The molecule has 2 bridgehead atoms. The molecule has 0 aliphatic carbocycles. The number of methoxy groups -OCH3 is 1. The van der Waals surface area contributed by atoms with Gasteiger partial charge >= 0.3 is 0 Å². The van der Waals surface area contributed by atoms with Gasteiger partial charge in [-0.25, -0.2) is 0 Å². The SMILES string of the molecule is COc1ccccc1C(CO)O[C@H]1C[C@H]2CO[C@@H](C1)O2. The predicted octanol–water partition coefficient (Wildman–Crippen LogP) is 1.65. The first-order chi connectivity index (χ1) is 9.80. The number of para-hydroxylation sites is 1. The van der Waals surface area contributed by atoms with Crippen molar-refractivity contribution in [2.24, 2.45) is 0 Å². The monoisotopic (exact) mass is 280 g/mol. The summed E-state index contributed by atoms with van der Waals surface area (Å²) in [7, 11) is 1.62. The van der Waals surface area contributed by atoms with E-state index >= 15 is 0 Å². The maximum Gasteiger partial charge on any atom is 0.160 e. The number of rotatable bonds is 5. The normalized spacial score (nSPS) is 30.2. The van der Waals surface area contributed by atoms with E-state index in [0.717, 1.165) is 17.7 Å². The lowest BCUT2D eigenvalue weighted by atomic mass is 10.0. The van der Waals surface area contributed by atoms with Crippen molar-refractivity contribution in [1.29, 1.82) is 0 Å². The molecule has 0 radical (unpaired) electrons. The van der Waals surface area contributed by atoms with Gasteiger partial charge in [0.2, 0.25) is 0 Å². The second-order valence-corrected chi connectivity index (χ2v) is 5.16. The summed E-state index contributed by atoms with van der Waals surface area (Å²) in [5.41, 5.74) is 0.872. The third-order valence-electron chi connectivity index (χ3n) is 3.80. The van der Waals surface area contributed by atoms with Crippen LogP contribution in [0.2, 0.25) is 0 Å². The van der Waals surface area contributed by atoms with E-state index in [1.807, 2.05) is 24.3 Å². The average Bonchev–Trinajstić information content (AvgIpc) is 2.83. The molecule has 2 heterocycles. The molecule has 2 saturated heterocycles. The van der Waals surface area contributed by atoms with Gasteiger partial charge in [-0.3, -0.25) is 0 Å². The van der Waals surface area contributed by atoms with Gasteiger partial charge < -0.3 is 24.1 Å². The minimum absolute atomic E-state index is 0.0447. The fourth-order valence-electron chi connectivity index (χ4n) is 2.85. The summed E-state index contributed by atoms with van der Waals surface area (Å²) in [6.07, 6.45) is 1.15. The van der Waals surface area contributed by atoms with E-state index in [2.05, 4.69) is 0 Å². The number of aliphatic hydroxyl groups is 1. The molecule has 1 aromatic rings. The summed E-state index contributed by atoms with van der Waals surface area (Å²) < 4.78 is 22.5. The van der Waals surface area contributed by atoms with Crippen LogP contribution in [0.1, 0.15) is 24.5 Å². The van der Waals surface area contributed by atoms with Crippen molar-refractivity contribution in [3.63, 3.8) is 0 Å². The van der Waals surface area contributed by atoms with Crippen LogP contribution in [0.4, 0.5) is 0 Å². The van der Waals surface area contributed by atoms with Gasteiger partial charge in [-0.05, 0) is 6.07 Å².